The van der Waals surface area contributed by atoms with Crippen molar-refractivity contribution < 1.29 is 9.90 Å². The van der Waals surface area contributed by atoms with Gasteiger partial charge in [0.1, 0.15) is 0 Å². The number of aliphatic carboxylic acids is 1. The summed E-state index contributed by atoms with van der Waals surface area (Å²) in [5.41, 5.74) is 0. The first-order chi connectivity index (χ1) is 6.40. The van der Waals surface area contributed by atoms with E-state index in [1.54, 1.807) is 0 Å². The summed E-state index contributed by atoms with van der Waals surface area (Å²) in [5, 5.41) is 12.2. The molecule has 0 radical (unpaired) electrons. The fourth-order valence-electron chi connectivity index (χ4n) is 0.763. The third-order valence-electron chi connectivity index (χ3n) is 1.56. The molecule has 0 saturated heterocycles. The quantitative estimate of drug-likeness (QED) is 0.656. The van der Waals surface area contributed by atoms with Crippen LogP contribution in [0.15, 0.2) is 0 Å². The van der Waals surface area contributed by atoms with Gasteiger partial charge in [0.15, 0.2) is 0 Å². The number of carboxylic acid groups (broad SMARTS) is 1. The Hall–Kier alpha value is 0.00247. The maximum atomic E-state index is 9.26. The number of hydrogen-bond acceptors (Lipinski definition) is 2. The Morgan fingerprint density at radius 3 is 1.57 bits per heavy atom. The van der Waals surface area contributed by atoms with E-state index in [4.69, 9.17) is 0 Å². The predicted octanol–water partition coefficient (Wildman–Crippen LogP) is 1.99. The van der Waals surface area contributed by atoms with Crippen LogP contribution in [-0.4, -0.2) is 21.2 Å². The van der Waals surface area contributed by atoms with E-state index in [0.717, 1.165) is 27.1 Å². The van der Waals surface area contributed by atoms with Crippen LogP contribution in [0.25, 0.3) is 0 Å². The predicted molar refractivity (Wildman–Crippen MR) is 60.3 cm³/mol. The molecular formula is C11H23AlO2. The van der Waals surface area contributed by atoms with Gasteiger partial charge in [-0.15, -0.1) is 0 Å². The standard InChI is InChI=1S/2C4H9.C3H6O2.Al/c2*1-4(2)3;1-2-3(4)5;/h2*4H,1H2,2-3H3;2H2,1H3,(H,4,5);/q;;;+1/p-1. The molecule has 0 aliphatic carbocycles. The third kappa shape index (κ3) is 22.7. The molecule has 0 unspecified atom stereocenters. The number of carbonyl (C=O) groups excluding carboxylic acids is 1. The van der Waals surface area contributed by atoms with Crippen molar-refractivity contribution in [3.8, 4) is 0 Å². The van der Waals surface area contributed by atoms with E-state index in [2.05, 4.69) is 27.7 Å². The normalized spacial score (nSPS) is 9.36. The fraction of sp³-hybridized carbons (Fsp3) is 0.909. The fourth-order valence-corrected chi connectivity index (χ4v) is 2.29. The maximum Gasteiger partial charge on any atom is 0.0411 e. The van der Waals surface area contributed by atoms with Crippen LogP contribution in [0.1, 0.15) is 41.0 Å². The second-order valence-electron chi connectivity index (χ2n) is 4.27. The summed E-state index contributed by atoms with van der Waals surface area (Å²) in [5.74, 6) is 0.863. The van der Waals surface area contributed by atoms with Crippen molar-refractivity contribution in [1.82, 2.24) is 0 Å². The van der Waals surface area contributed by atoms with Crippen LogP contribution in [0.2, 0.25) is 10.6 Å². The molecule has 0 aliphatic rings. The third-order valence-corrected chi connectivity index (χ3v) is 4.12. The van der Waals surface area contributed by atoms with E-state index in [1.165, 1.54) is 17.5 Å². The van der Waals surface area contributed by atoms with Crippen LogP contribution in [-0.2, 0) is 4.79 Å². The van der Waals surface area contributed by atoms with Gasteiger partial charge in [0, 0.05) is 5.97 Å². The van der Waals surface area contributed by atoms with E-state index in [1.807, 2.05) is 0 Å². The Morgan fingerprint density at radius 2 is 1.43 bits per heavy atom. The molecule has 0 bridgehead atoms. The monoisotopic (exact) mass is 214 g/mol. The molecule has 0 heterocycles. The second kappa shape index (κ2) is 11.1. The van der Waals surface area contributed by atoms with Crippen molar-refractivity contribution in [2.24, 2.45) is 11.8 Å². The Bertz CT molecular complexity index is 125. The summed E-state index contributed by atoms with van der Waals surface area (Å²) in [6.45, 7) is 10.8. The Kier molecular flexibility index (Phi) is 13.0. The first-order valence-electron chi connectivity index (χ1n) is 5.41. The van der Waals surface area contributed by atoms with E-state index in [-0.39, 0.29) is 6.42 Å². The van der Waals surface area contributed by atoms with Crippen molar-refractivity contribution in [3.05, 3.63) is 0 Å². The van der Waals surface area contributed by atoms with Crippen LogP contribution in [0, 0.1) is 11.8 Å². The average molecular weight is 214 g/mol. The molecule has 82 valence electrons. The van der Waals surface area contributed by atoms with Gasteiger partial charge in [-0.05, 0) is 6.42 Å². The zero-order chi connectivity index (χ0) is 11.6. The van der Waals surface area contributed by atoms with Gasteiger partial charge >= 0.3 is 65.3 Å². The largest absolute Gasteiger partial charge is 0.550 e. The summed E-state index contributed by atoms with van der Waals surface area (Å²) < 4.78 is 0. The van der Waals surface area contributed by atoms with Crippen molar-refractivity contribution in [3.63, 3.8) is 0 Å². The summed E-state index contributed by atoms with van der Waals surface area (Å²) in [4.78, 5) is 9.26. The van der Waals surface area contributed by atoms with Gasteiger partial charge in [-0.2, -0.15) is 0 Å². The van der Waals surface area contributed by atoms with E-state index < -0.39 is 5.97 Å². The molecule has 0 amide bonds. The van der Waals surface area contributed by atoms with Gasteiger partial charge in [-0.3, -0.25) is 0 Å². The molecular weight excluding hydrogens is 191 g/mol. The van der Waals surface area contributed by atoms with Gasteiger partial charge < -0.3 is 9.90 Å². The summed E-state index contributed by atoms with van der Waals surface area (Å²) in [7, 11) is 0. The van der Waals surface area contributed by atoms with E-state index in [9.17, 15) is 9.90 Å². The van der Waals surface area contributed by atoms with Crippen molar-refractivity contribution in [1.29, 1.82) is 0 Å². The Labute approximate surface area is 94.8 Å². The zero-order valence-corrected chi connectivity index (χ0v) is 11.3. The van der Waals surface area contributed by atoms with Crippen LogP contribution in [0.3, 0.4) is 0 Å². The first-order valence-corrected chi connectivity index (χ1v) is 7.04. The number of rotatable bonds is 5. The molecule has 0 atom stereocenters. The van der Waals surface area contributed by atoms with Crippen molar-refractivity contribution in [2.75, 3.05) is 0 Å². The molecule has 0 aromatic rings. The van der Waals surface area contributed by atoms with E-state index in [0.29, 0.717) is 0 Å². The molecule has 0 N–H and O–H groups in total. The molecule has 0 rings (SSSR count). The zero-order valence-electron chi connectivity index (χ0n) is 10.2. The molecule has 0 saturated carbocycles. The molecule has 0 spiro atoms. The molecule has 0 fully saturated rings. The van der Waals surface area contributed by atoms with Gasteiger partial charge in [0.05, 0.1) is 0 Å². The maximum absolute atomic E-state index is 9.26. The van der Waals surface area contributed by atoms with Gasteiger partial charge in [-0.1, -0.05) is 6.92 Å². The summed E-state index contributed by atoms with van der Waals surface area (Å²) in [6.07, 6.45) is 0.111. The molecule has 14 heavy (non-hydrogen) atoms. The minimum atomic E-state index is -0.995. The number of hydrogen-bond donors (Lipinski definition) is 0. The van der Waals surface area contributed by atoms with Gasteiger partial charge in [0.2, 0.25) is 0 Å². The first kappa shape index (κ1) is 16.4. The number of carboxylic acids is 1. The Morgan fingerprint density at radius 1 is 1.14 bits per heavy atom. The van der Waals surface area contributed by atoms with E-state index >= 15 is 0 Å². The van der Waals surface area contributed by atoms with Gasteiger partial charge in [-0.25, -0.2) is 0 Å². The van der Waals surface area contributed by atoms with Crippen LogP contribution in [0.5, 0.6) is 0 Å². The molecule has 0 aromatic carbocycles. The average Bonchev–Trinajstić information content (AvgIpc) is 2.04. The molecule has 0 aromatic heterocycles. The topological polar surface area (TPSA) is 40.1 Å². The summed E-state index contributed by atoms with van der Waals surface area (Å²) in [6, 6.07) is 0. The smallest absolute Gasteiger partial charge is 0.0411 e. The molecule has 0 aliphatic heterocycles. The minimum Gasteiger partial charge on any atom is -0.550 e. The van der Waals surface area contributed by atoms with Gasteiger partial charge in [0.25, 0.3) is 0 Å². The van der Waals surface area contributed by atoms with Crippen molar-refractivity contribution in [2.45, 2.75) is 51.6 Å². The van der Waals surface area contributed by atoms with Crippen LogP contribution < -0.4 is 5.11 Å². The summed E-state index contributed by atoms with van der Waals surface area (Å²) >= 11 is 0.755. The number of carbonyl (C=O) groups is 1. The molecule has 2 nitrogen and oxygen atoms in total. The second-order valence-corrected chi connectivity index (χ2v) is 5.79. The van der Waals surface area contributed by atoms with Crippen LogP contribution in [0.4, 0.5) is 0 Å². The van der Waals surface area contributed by atoms with Crippen LogP contribution >= 0.6 is 0 Å². The SMILES string of the molecule is CC(C)[CH2][Al+][CH2]C(C)C.CCC(=O)[O-]. The minimum absolute atomic E-state index is 0.111. The van der Waals surface area contributed by atoms with Crippen molar-refractivity contribution >= 4 is 21.2 Å². The Balaban J connectivity index is 0. The molecule has 3 heteroatoms.